The standard InChI is InChI=1S/C13H26N2O2/c1-14(2)12(16)10-8-6-5-7-9-11-13(17)15(3)4/h5-11H2,1-4H3. The van der Waals surface area contributed by atoms with Crippen LogP contribution in [0, 0.1) is 0 Å². The van der Waals surface area contributed by atoms with Crippen LogP contribution in [0.2, 0.25) is 0 Å². The van der Waals surface area contributed by atoms with Crippen LogP contribution >= 0.6 is 0 Å². The molecule has 0 N–H and O–H groups in total. The van der Waals surface area contributed by atoms with Gasteiger partial charge < -0.3 is 9.80 Å². The molecule has 0 bridgehead atoms. The zero-order chi connectivity index (χ0) is 13.3. The van der Waals surface area contributed by atoms with E-state index in [2.05, 4.69) is 0 Å². The average Bonchev–Trinajstić information content (AvgIpc) is 2.26. The van der Waals surface area contributed by atoms with Crippen molar-refractivity contribution in [3.8, 4) is 0 Å². The van der Waals surface area contributed by atoms with Gasteiger partial charge in [-0.2, -0.15) is 0 Å². The molecule has 100 valence electrons. The first-order chi connectivity index (χ1) is 7.95. The number of hydrogen-bond donors (Lipinski definition) is 0. The van der Waals surface area contributed by atoms with Crippen LogP contribution in [0.3, 0.4) is 0 Å². The average molecular weight is 242 g/mol. The van der Waals surface area contributed by atoms with E-state index < -0.39 is 0 Å². The van der Waals surface area contributed by atoms with E-state index in [4.69, 9.17) is 0 Å². The molecule has 0 radical (unpaired) electrons. The number of nitrogens with zero attached hydrogens (tertiary/aromatic N) is 2. The van der Waals surface area contributed by atoms with Crippen molar-refractivity contribution in [1.82, 2.24) is 9.80 Å². The summed E-state index contributed by atoms with van der Waals surface area (Å²) in [6.07, 6.45) is 6.47. The largest absolute Gasteiger partial charge is 0.349 e. The second-order valence-corrected chi connectivity index (χ2v) is 4.84. The van der Waals surface area contributed by atoms with Gasteiger partial charge in [0, 0.05) is 41.0 Å². The highest BCUT2D eigenvalue weighted by molar-refractivity contribution is 5.75. The van der Waals surface area contributed by atoms with Gasteiger partial charge in [-0.1, -0.05) is 19.3 Å². The van der Waals surface area contributed by atoms with Gasteiger partial charge in [0.2, 0.25) is 11.8 Å². The molecule has 0 aromatic heterocycles. The number of hydrogen-bond acceptors (Lipinski definition) is 2. The second kappa shape index (κ2) is 9.02. The minimum absolute atomic E-state index is 0.202. The summed E-state index contributed by atoms with van der Waals surface area (Å²) in [7, 11) is 7.15. The maximum atomic E-state index is 11.3. The molecule has 17 heavy (non-hydrogen) atoms. The molecule has 0 atom stereocenters. The first-order valence-corrected chi connectivity index (χ1v) is 6.35. The lowest BCUT2D eigenvalue weighted by Gasteiger charge is -2.10. The minimum atomic E-state index is 0.202. The summed E-state index contributed by atoms with van der Waals surface area (Å²) in [4.78, 5) is 25.8. The number of amides is 2. The zero-order valence-corrected chi connectivity index (χ0v) is 11.7. The van der Waals surface area contributed by atoms with E-state index in [1.54, 1.807) is 38.0 Å². The predicted molar refractivity (Wildman–Crippen MR) is 69.7 cm³/mol. The van der Waals surface area contributed by atoms with E-state index in [-0.39, 0.29) is 11.8 Å². The minimum Gasteiger partial charge on any atom is -0.349 e. The molecule has 4 heteroatoms. The van der Waals surface area contributed by atoms with Crippen LogP contribution in [0.15, 0.2) is 0 Å². The Balaban J connectivity index is 3.30. The van der Waals surface area contributed by atoms with Crippen molar-refractivity contribution in [1.29, 1.82) is 0 Å². The quantitative estimate of drug-likeness (QED) is 0.610. The van der Waals surface area contributed by atoms with Crippen LogP contribution in [-0.4, -0.2) is 49.8 Å². The highest BCUT2D eigenvalue weighted by Crippen LogP contribution is 2.08. The molecule has 0 unspecified atom stereocenters. The molecule has 0 heterocycles. The van der Waals surface area contributed by atoms with E-state index in [1.807, 2.05) is 0 Å². The Labute approximate surface area is 105 Å². The van der Waals surface area contributed by atoms with Crippen LogP contribution in [0.25, 0.3) is 0 Å². The van der Waals surface area contributed by atoms with Gasteiger partial charge in [0.25, 0.3) is 0 Å². The van der Waals surface area contributed by atoms with Gasteiger partial charge in [0.15, 0.2) is 0 Å². The Morgan fingerprint density at radius 1 is 0.647 bits per heavy atom. The molecular formula is C13H26N2O2. The molecule has 4 nitrogen and oxygen atoms in total. The topological polar surface area (TPSA) is 40.6 Å². The zero-order valence-electron chi connectivity index (χ0n) is 11.7. The Hall–Kier alpha value is -1.06. The normalized spacial score (nSPS) is 10.1. The fraction of sp³-hybridized carbons (Fsp3) is 0.846. The van der Waals surface area contributed by atoms with Crippen molar-refractivity contribution in [3.05, 3.63) is 0 Å². The number of carbonyl (C=O) groups is 2. The first kappa shape index (κ1) is 15.9. The summed E-state index contributed by atoms with van der Waals surface area (Å²) >= 11 is 0. The van der Waals surface area contributed by atoms with Crippen molar-refractivity contribution in [3.63, 3.8) is 0 Å². The van der Waals surface area contributed by atoms with Gasteiger partial charge in [-0.3, -0.25) is 9.59 Å². The molecule has 0 spiro atoms. The van der Waals surface area contributed by atoms with Crippen molar-refractivity contribution in [2.24, 2.45) is 0 Å². The lowest BCUT2D eigenvalue weighted by atomic mass is 10.1. The lowest BCUT2D eigenvalue weighted by Crippen LogP contribution is -2.21. The van der Waals surface area contributed by atoms with Gasteiger partial charge in [-0.15, -0.1) is 0 Å². The van der Waals surface area contributed by atoms with E-state index in [0.29, 0.717) is 12.8 Å². The summed E-state index contributed by atoms with van der Waals surface area (Å²) in [5.74, 6) is 0.403. The predicted octanol–water partition coefficient (Wildman–Crippen LogP) is 1.89. The molecule has 0 aromatic rings. The van der Waals surface area contributed by atoms with Crippen LogP contribution in [0.1, 0.15) is 44.9 Å². The van der Waals surface area contributed by atoms with Crippen LogP contribution in [-0.2, 0) is 9.59 Å². The van der Waals surface area contributed by atoms with Gasteiger partial charge in [0.1, 0.15) is 0 Å². The molecule has 0 aliphatic heterocycles. The van der Waals surface area contributed by atoms with Crippen LogP contribution < -0.4 is 0 Å². The summed E-state index contributed by atoms with van der Waals surface area (Å²) in [6, 6.07) is 0. The monoisotopic (exact) mass is 242 g/mol. The third kappa shape index (κ3) is 8.72. The molecule has 0 aliphatic rings. The van der Waals surface area contributed by atoms with Gasteiger partial charge in [0.05, 0.1) is 0 Å². The Bertz CT molecular complexity index is 214. The third-order valence-corrected chi connectivity index (χ3v) is 2.78. The van der Waals surface area contributed by atoms with E-state index >= 15 is 0 Å². The van der Waals surface area contributed by atoms with Gasteiger partial charge in [-0.05, 0) is 12.8 Å². The number of unbranched alkanes of at least 4 members (excludes halogenated alkanes) is 4. The summed E-state index contributed by atoms with van der Waals surface area (Å²) < 4.78 is 0. The molecule has 0 aliphatic carbocycles. The number of rotatable bonds is 8. The van der Waals surface area contributed by atoms with E-state index in [1.165, 1.54) is 0 Å². The Kier molecular flexibility index (Phi) is 8.46. The van der Waals surface area contributed by atoms with Crippen LogP contribution in [0.5, 0.6) is 0 Å². The Morgan fingerprint density at radius 3 is 1.24 bits per heavy atom. The first-order valence-electron chi connectivity index (χ1n) is 6.35. The van der Waals surface area contributed by atoms with E-state index in [9.17, 15) is 9.59 Å². The van der Waals surface area contributed by atoms with Crippen molar-refractivity contribution >= 4 is 11.8 Å². The fourth-order valence-corrected chi connectivity index (χ4v) is 1.53. The molecule has 2 amide bonds. The molecular weight excluding hydrogens is 216 g/mol. The lowest BCUT2D eigenvalue weighted by molar-refractivity contribution is -0.129. The van der Waals surface area contributed by atoms with Gasteiger partial charge in [-0.25, -0.2) is 0 Å². The summed E-state index contributed by atoms with van der Waals surface area (Å²) in [5.41, 5.74) is 0. The smallest absolute Gasteiger partial charge is 0.222 e. The molecule has 0 saturated heterocycles. The molecule has 0 fully saturated rings. The second-order valence-electron chi connectivity index (χ2n) is 4.84. The summed E-state index contributed by atoms with van der Waals surface area (Å²) in [5, 5.41) is 0. The molecule has 0 rings (SSSR count). The van der Waals surface area contributed by atoms with Gasteiger partial charge >= 0.3 is 0 Å². The van der Waals surface area contributed by atoms with Crippen molar-refractivity contribution < 1.29 is 9.59 Å². The van der Waals surface area contributed by atoms with Crippen molar-refractivity contribution in [2.75, 3.05) is 28.2 Å². The maximum absolute atomic E-state index is 11.3. The SMILES string of the molecule is CN(C)C(=O)CCCCCCCC(=O)N(C)C. The fourth-order valence-electron chi connectivity index (χ4n) is 1.53. The highest BCUT2D eigenvalue weighted by atomic mass is 16.2. The number of carbonyl (C=O) groups excluding carboxylic acids is 2. The van der Waals surface area contributed by atoms with Crippen molar-refractivity contribution in [2.45, 2.75) is 44.9 Å². The summed E-state index contributed by atoms with van der Waals surface area (Å²) in [6.45, 7) is 0. The van der Waals surface area contributed by atoms with Crippen LogP contribution in [0.4, 0.5) is 0 Å². The van der Waals surface area contributed by atoms with E-state index in [0.717, 1.165) is 32.1 Å². The third-order valence-electron chi connectivity index (χ3n) is 2.78. The molecule has 0 saturated carbocycles. The maximum Gasteiger partial charge on any atom is 0.222 e. The Morgan fingerprint density at radius 2 is 0.941 bits per heavy atom. The molecule has 0 aromatic carbocycles. The highest BCUT2D eigenvalue weighted by Gasteiger charge is 2.04.